The van der Waals surface area contributed by atoms with E-state index in [2.05, 4.69) is 9.97 Å². The highest BCUT2D eigenvalue weighted by molar-refractivity contribution is 6.36. The number of fused-ring (bicyclic) bond motifs is 2. The van der Waals surface area contributed by atoms with Gasteiger partial charge in [-0.05, 0) is 30.0 Å². The van der Waals surface area contributed by atoms with Crippen molar-refractivity contribution in [3.63, 3.8) is 0 Å². The van der Waals surface area contributed by atoms with E-state index >= 15 is 4.39 Å². The second-order valence-electron chi connectivity index (χ2n) is 8.08. The van der Waals surface area contributed by atoms with Crippen LogP contribution in [0.1, 0.15) is 12.0 Å². The van der Waals surface area contributed by atoms with Gasteiger partial charge in [-0.1, -0.05) is 11.6 Å². The molecular weight excluding hydrogens is 472 g/mol. The Labute approximate surface area is 196 Å². The molecule has 12 heteroatoms. The summed E-state index contributed by atoms with van der Waals surface area (Å²) in [5, 5.41) is 10.1. The molecule has 0 radical (unpaired) electrons. The number of hydrogen-bond donors (Lipinski definition) is 2. The first-order chi connectivity index (χ1) is 16.2. The zero-order valence-corrected chi connectivity index (χ0v) is 18.5. The summed E-state index contributed by atoms with van der Waals surface area (Å²) in [5.41, 5.74) is 6.48. The first-order valence-corrected chi connectivity index (χ1v) is 10.7. The number of ether oxygens (including phenoxy) is 1. The number of urea groups is 1. The van der Waals surface area contributed by atoms with Crippen LogP contribution in [-0.2, 0) is 0 Å². The smallest absolute Gasteiger partial charge is 0.412 e. The summed E-state index contributed by atoms with van der Waals surface area (Å²) >= 11 is 6.32. The van der Waals surface area contributed by atoms with Crippen molar-refractivity contribution in [1.29, 1.82) is 0 Å². The molecule has 2 atom stereocenters. The minimum absolute atomic E-state index is 0.0683. The van der Waals surface area contributed by atoms with Crippen molar-refractivity contribution in [3.05, 3.63) is 40.9 Å². The largest absolute Gasteiger partial charge is 0.474 e. The van der Waals surface area contributed by atoms with E-state index in [9.17, 15) is 19.1 Å². The van der Waals surface area contributed by atoms with Crippen LogP contribution in [0, 0.1) is 12.7 Å². The lowest BCUT2D eigenvalue weighted by Gasteiger charge is -2.28. The molecule has 176 valence electrons. The number of alkyl halides is 1. The number of anilines is 2. The van der Waals surface area contributed by atoms with Crippen LogP contribution in [0.2, 0.25) is 5.02 Å². The molecule has 1 aliphatic carbocycles. The first kappa shape index (κ1) is 22.1. The van der Waals surface area contributed by atoms with Gasteiger partial charge in [0.1, 0.15) is 30.1 Å². The van der Waals surface area contributed by atoms with E-state index in [4.69, 9.17) is 22.1 Å². The Morgan fingerprint density at radius 3 is 2.68 bits per heavy atom. The summed E-state index contributed by atoms with van der Waals surface area (Å²) < 4.78 is 34.5. The van der Waals surface area contributed by atoms with Crippen molar-refractivity contribution in [2.75, 3.05) is 23.0 Å². The molecule has 3 amide bonds. The van der Waals surface area contributed by atoms with Crippen LogP contribution >= 0.6 is 11.6 Å². The van der Waals surface area contributed by atoms with Gasteiger partial charge >= 0.3 is 12.1 Å². The molecule has 0 spiro atoms. The van der Waals surface area contributed by atoms with Crippen LogP contribution < -0.4 is 20.3 Å². The van der Waals surface area contributed by atoms with E-state index in [-0.39, 0.29) is 52.9 Å². The lowest BCUT2D eigenvalue weighted by atomic mass is 9.97. The molecule has 1 fully saturated rings. The molecule has 2 aliphatic rings. The van der Waals surface area contributed by atoms with Gasteiger partial charge in [-0.2, -0.15) is 0 Å². The number of aromatic nitrogens is 2. The molecule has 3 heterocycles. The highest BCUT2D eigenvalue weighted by Crippen LogP contribution is 2.42. The third-order valence-corrected chi connectivity index (χ3v) is 6.37. The minimum Gasteiger partial charge on any atom is -0.474 e. The van der Waals surface area contributed by atoms with E-state index in [1.807, 2.05) is 0 Å². The van der Waals surface area contributed by atoms with Gasteiger partial charge in [0.25, 0.3) is 0 Å². The van der Waals surface area contributed by atoms with Crippen molar-refractivity contribution >= 4 is 46.0 Å². The van der Waals surface area contributed by atoms with E-state index in [0.29, 0.717) is 16.5 Å². The molecule has 2 aromatic heterocycles. The van der Waals surface area contributed by atoms with E-state index in [1.165, 1.54) is 24.5 Å². The number of benzene rings is 1. The number of pyridine rings is 2. The normalized spacial score (nSPS) is 18.9. The summed E-state index contributed by atoms with van der Waals surface area (Å²) in [5.74, 6) is -0.495. The second-order valence-corrected chi connectivity index (χ2v) is 8.45. The molecule has 1 aromatic carbocycles. The number of carboxylic acid groups (broad SMARTS) is 1. The van der Waals surface area contributed by atoms with Crippen molar-refractivity contribution in [3.8, 4) is 17.0 Å². The maximum absolute atomic E-state index is 15.4. The number of halogens is 3. The van der Waals surface area contributed by atoms with Crippen molar-refractivity contribution < 1.29 is 28.2 Å². The number of rotatable bonds is 3. The van der Waals surface area contributed by atoms with Gasteiger partial charge in [-0.15, -0.1) is 0 Å². The number of carbonyl (C=O) groups is 2. The Hall–Kier alpha value is -3.73. The Bertz CT molecular complexity index is 1370. The van der Waals surface area contributed by atoms with Gasteiger partial charge in [0.15, 0.2) is 0 Å². The number of primary amides is 1. The van der Waals surface area contributed by atoms with Gasteiger partial charge < -0.3 is 15.6 Å². The lowest BCUT2D eigenvalue weighted by Crippen LogP contribution is -2.39. The monoisotopic (exact) mass is 489 g/mol. The molecule has 9 nitrogen and oxygen atoms in total. The fraction of sp³-hybridized carbons (Fsp3) is 0.273. The molecule has 0 unspecified atom stereocenters. The highest BCUT2D eigenvalue weighted by atomic mass is 35.5. The van der Waals surface area contributed by atoms with Crippen LogP contribution in [0.25, 0.3) is 21.9 Å². The average Bonchev–Trinajstić information content (AvgIpc) is 3.51. The fourth-order valence-electron chi connectivity index (χ4n) is 4.21. The third kappa shape index (κ3) is 3.43. The van der Waals surface area contributed by atoms with Crippen molar-refractivity contribution in [2.24, 2.45) is 5.73 Å². The standard InChI is InChI=1S/C22H18ClF2N5O4/c1-9-12(7-28-20-19(9)29(22(32)33)2-3-34-20)11-4-10-5-16(27-8-13(10)17(23)18(11)25)30(21(26)31)15-6-14(15)24/h4-5,7-8,14-15H,2-3,6H2,1H3,(H2,26,31)(H,32,33)/t14-,15+/m1/s1. The van der Waals surface area contributed by atoms with Crippen molar-refractivity contribution in [2.45, 2.75) is 25.6 Å². The predicted octanol–water partition coefficient (Wildman–Crippen LogP) is 4.27. The number of amides is 3. The summed E-state index contributed by atoms with van der Waals surface area (Å²) in [6.07, 6.45) is 0.456. The summed E-state index contributed by atoms with van der Waals surface area (Å²) in [6.45, 7) is 1.89. The molecule has 5 rings (SSSR count). The van der Waals surface area contributed by atoms with Gasteiger partial charge in [0, 0.05) is 35.3 Å². The molecular formula is C22H18ClF2N5O4. The molecule has 0 saturated heterocycles. The van der Waals surface area contributed by atoms with Crippen LogP contribution in [0.15, 0.2) is 24.5 Å². The quantitative estimate of drug-likeness (QED) is 0.566. The summed E-state index contributed by atoms with van der Waals surface area (Å²) in [6, 6.07) is 1.42. The van der Waals surface area contributed by atoms with E-state index < -0.39 is 30.2 Å². The predicted molar refractivity (Wildman–Crippen MR) is 121 cm³/mol. The van der Waals surface area contributed by atoms with Crippen molar-refractivity contribution in [1.82, 2.24) is 9.97 Å². The summed E-state index contributed by atoms with van der Waals surface area (Å²) in [7, 11) is 0. The van der Waals surface area contributed by atoms with Gasteiger partial charge in [0.2, 0.25) is 5.88 Å². The number of carbonyl (C=O) groups excluding carboxylic acids is 1. The average molecular weight is 490 g/mol. The fourth-order valence-corrected chi connectivity index (χ4v) is 4.47. The molecule has 34 heavy (non-hydrogen) atoms. The van der Waals surface area contributed by atoms with Gasteiger partial charge in [-0.3, -0.25) is 9.80 Å². The topological polar surface area (TPSA) is 122 Å². The first-order valence-electron chi connectivity index (χ1n) is 10.3. The van der Waals surface area contributed by atoms with E-state index in [1.54, 1.807) is 6.92 Å². The molecule has 1 saturated carbocycles. The zero-order chi connectivity index (χ0) is 24.3. The Balaban J connectivity index is 1.67. The van der Waals surface area contributed by atoms with Gasteiger partial charge in [-0.25, -0.2) is 28.3 Å². The summed E-state index contributed by atoms with van der Waals surface area (Å²) in [4.78, 5) is 34.1. The maximum Gasteiger partial charge on any atom is 0.412 e. The van der Waals surface area contributed by atoms with Gasteiger partial charge in [0.05, 0.1) is 17.6 Å². The minimum atomic E-state index is -1.19. The van der Waals surface area contributed by atoms with Crippen LogP contribution in [0.3, 0.4) is 0 Å². The molecule has 1 aliphatic heterocycles. The lowest BCUT2D eigenvalue weighted by molar-refractivity contribution is 0.196. The van der Waals surface area contributed by atoms with Crippen LogP contribution in [-0.4, -0.2) is 52.6 Å². The SMILES string of the molecule is Cc1c(-c2cc3cc(N(C(N)=O)[C@H]4C[C@H]4F)ncc3c(Cl)c2F)cnc2c1N(C(=O)O)CCO2. The Morgan fingerprint density at radius 1 is 1.29 bits per heavy atom. The third-order valence-electron chi connectivity index (χ3n) is 6.00. The Morgan fingerprint density at radius 2 is 2.03 bits per heavy atom. The molecule has 3 aromatic rings. The molecule has 0 bridgehead atoms. The van der Waals surface area contributed by atoms with Crippen LogP contribution in [0.4, 0.5) is 29.9 Å². The number of nitrogens with zero attached hydrogens (tertiary/aromatic N) is 4. The van der Waals surface area contributed by atoms with Crippen LogP contribution in [0.5, 0.6) is 5.88 Å². The van der Waals surface area contributed by atoms with E-state index in [0.717, 1.165) is 9.80 Å². The highest BCUT2D eigenvalue weighted by Gasteiger charge is 2.45. The second kappa shape index (κ2) is 7.94. The number of hydrogen-bond acceptors (Lipinski definition) is 5. The Kier molecular flexibility index (Phi) is 5.16. The maximum atomic E-state index is 15.4. The number of nitrogens with two attached hydrogens (primary N) is 1. The zero-order valence-electron chi connectivity index (χ0n) is 17.8. The molecule has 3 N–H and O–H groups in total.